The van der Waals surface area contributed by atoms with Gasteiger partial charge in [-0.25, -0.2) is 4.79 Å². The Hall–Kier alpha value is -8.06. The SMILES string of the molecule is CC1(C)O[C@H]2[C@@H](O1)[C@@H](COCc1ccccc1)O[C@@H](O[C@@H]1[C@H](OCc3ccccc3)[C@@H](OCc3ccccc3)[C@H](O[C@H]3[C@H](OCc4ccccc4)[C@@H](OCc4ccccc4)[C@H](OCCCN=[N+]=[N-])O[C@@H]3COCc3ccccc3)O[C@@H]1COC(=O)c1ccccc1)[C@@H]2OCc1ccccc1. The van der Waals surface area contributed by atoms with Crippen LogP contribution in [-0.4, -0.2) is 137 Å². The summed E-state index contributed by atoms with van der Waals surface area (Å²) in [7, 11) is 0. The highest BCUT2D eigenvalue weighted by molar-refractivity contribution is 5.89. The average Bonchev–Trinajstić information content (AvgIpc) is 1.59. The van der Waals surface area contributed by atoms with Crippen molar-refractivity contribution >= 4 is 5.97 Å². The van der Waals surface area contributed by atoms with Gasteiger partial charge in [-0.3, -0.25) is 0 Å². The van der Waals surface area contributed by atoms with Gasteiger partial charge < -0.3 is 75.8 Å². The molecule has 100 heavy (non-hydrogen) atoms. The number of ether oxygens (including phenoxy) is 16. The minimum Gasteiger partial charge on any atom is -0.459 e. The van der Waals surface area contributed by atoms with Crippen LogP contribution in [0.3, 0.4) is 0 Å². The molecule has 524 valence electrons. The van der Waals surface area contributed by atoms with Crippen molar-refractivity contribution in [3.05, 3.63) is 298 Å². The Labute approximate surface area is 584 Å². The molecule has 0 unspecified atom stereocenters. The number of benzene rings is 8. The second-order valence-electron chi connectivity index (χ2n) is 25.3. The predicted molar refractivity (Wildman–Crippen MR) is 368 cm³/mol. The molecule has 4 saturated heterocycles. The van der Waals surface area contributed by atoms with Crippen molar-refractivity contribution in [2.24, 2.45) is 5.11 Å². The Morgan fingerprint density at radius 3 is 1.17 bits per heavy atom. The highest BCUT2D eigenvalue weighted by Crippen LogP contribution is 2.43. The molecule has 0 bridgehead atoms. The lowest BCUT2D eigenvalue weighted by atomic mass is 9.95. The first-order valence-corrected chi connectivity index (χ1v) is 34.2. The molecule has 12 rings (SSSR count). The molecule has 20 nitrogen and oxygen atoms in total. The smallest absolute Gasteiger partial charge is 0.338 e. The first-order valence-electron chi connectivity index (χ1n) is 34.2. The van der Waals surface area contributed by atoms with E-state index in [0.717, 1.165) is 38.9 Å². The van der Waals surface area contributed by atoms with E-state index in [1.165, 1.54) is 0 Å². The van der Waals surface area contributed by atoms with Crippen molar-refractivity contribution in [1.82, 2.24) is 0 Å². The molecule has 4 heterocycles. The van der Waals surface area contributed by atoms with E-state index < -0.39 is 110 Å². The van der Waals surface area contributed by atoms with Crippen molar-refractivity contribution in [3.8, 4) is 0 Å². The highest BCUT2D eigenvalue weighted by Gasteiger charge is 2.60. The summed E-state index contributed by atoms with van der Waals surface area (Å²) in [4.78, 5) is 17.4. The fraction of sp³-hybridized carbons (Fsp3) is 0.388. The zero-order valence-electron chi connectivity index (χ0n) is 56.2. The quantitative estimate of drug-likeness (QED) is 0.0119. The lowest BCUT2D eigenvalue weighted by Crippen LogP contribution is -2.68. The molecular formula is C80H87N3O17. The third-order valence-corrected chi connectivity index (χ3v) is 17.5. The van der Waals surface area contributed by atoms with Gasteiger partial charge in [0.25, 0.3) is 0 Å². The summed E-state index contributed by atoms with van der Waals surface area (Å²) in [6.07, 6.45) is -15.4. The molecule has 0 aliphatic carbocycles. The van der Waals surface area contributed by atoms with Crippen LogP contribution in [0.5, 0.6) is 0 Å². The number of hydrogen-bond acceptors (Lipinski definition) is 18. The highest BCUT2D eigenvalue weighted by atomic mass is 16.8. The van der Waals surface area contributed by atoms with E-state index in [9.17, 15) is 10.3 Å². The zero-order valence-corrected chi connectivity index (χ0v) is 56.2. The number of fused-ring (bicyclic) bond motifs is 1. The molecule has 4 fully saturated rings. The normalized spacial score (nSPS) is 26.2. The second kappa shape index (κ2) is 37.0. The number of rotatable bonds is 35. The van der Waals surface area contributed by atoms with Gasteiger partial charge >= 0.3 is 5.97 Å². The van der Waals surface area contributed by atoms with Gasteiger partial charge in [-0.15, -0.1) is 0 Å². The van der Waals surface area contributed by atoms with Crippen molar-refractivity contribution in [2.45, 2.75) is 164 Å². The standard InChI is InChI=1S/C80H87N3O17/c1-80(2)99-69-65(54-86-47-57-30-13-4-14-31-57)95-79(75(72(69)100-80)92-52-62-40-23-9-24-41-62)98-68-66(55-93-76(84)63-42-25-10-26-43-63)96-78(74(91-51-61-38-21-8-22-39-61)71(68)89-49-59-34-17-6-18-35-59)97-67-64(53-85-46-56-28-11-3-12-29-56)94-77(87-45-27-44-82-83-81)73(90-50-60-36-19-7-20-37-60)70(67)88-48-58-32-15-5-16-33-58/h3-26,28-43,64-75,77-79H,27,44-55H2,1-2H3/t64-,65-,66-,67-,68+,69+,70+,71+,72+,73-,74-,75-,77-,78+,79+/m1/s1. The van der Waals surface area contributed by atoms with Crippen LogP contribution in [-0.2, 0) is 122 Å². The maximum atomic E-state index is 14.4. The van der Waals surface area contributed by atoms with Gasteiger partial charge in [0.1, 0.15) is 79.9 Å². The zero-order chi connectivity index (χ0) is 68.6. The number of esters is 1. The van der Waals surface area contributed by atoms with Gasteiger partial charge in [0.15, 0.2) is 24.7 Å². The largest absolute Gasteiger partial charge is 0.459 e. The van der Waals surface area contributed by atoms with E-state index in [1.54, 1.807) is 24.3 Å². The third-order valence-electron chi connectivity index (χ3n) is 17.5. The summed E-state index contributed by atoms with van der Waals surface area (Å²) in [6, 6.07) is 77.3. The van der Waals surface area contributed by atoms with Crippen LogP contribution in [0.1, 0.15) is 69.6 Å². The van der Waals surface area contributed by atoms with E-state index >= 15 is 0 Å². The maximum Gasteiger partial charge on any atom is 0.338 e. The fourth-order valence-electron chi connectivity index (χ4n) is 12.7. The Kier molecular flexibility index (Phi) is 26.6. The molecule has 4 aliphatic heterocycles. The molecule has 15 atom stereocenters. The summed E-state index contributed by atoms with van der Waals surface area (Å²) in [5.41, 5.74) is 15.8. The van der Waals surface area contributed by atoms with Crippen molar-refractivity contribution in [1.29, 1.82) is 0 Å². The minimum absolute atomic E-state index is 0.0425. The summed E-state index contributed by atoms with van der Waals surface area (Å²) in [5, 5.41) is 3.78. The Morgan fingerprint density at radius 1 is 0.390 bits per heavy atom. The molecule has 8 aromatic carbocycles. The van der Waals surface area contributed by atoms with Crippen LogP contribution in [0.25, 0.3) is 10.4 Å². The lowest BCUT2D eigenvalue weighted by Gasteiger charge is -2.51. The topological polar surface area (TPSA) is 214 Å². The van der Waals surface area contributed by atoms with Crippen LogP contribution in [0.15, 0.2) is 248 Å². The first-order chi connectivity index (χ1) is 49.2. The number of carbonyl (C=O) groups is 1. The molecule has 0 amide bonds. The van der Waals surface area contributed by atoms with Crippen molar-refractivity contribution < 1.29 is 80.6 Å². The number of carbonyl (C=O) groups excluding carboxylic acids is 1. The maximum absolute atomic E-state index is 14.4. The Bertz CT molecular complexity index is 3710. The second-order valence-corrected chi connectivity index (χ2v) is 25.3. The molecule has 0 saturated carbocycles. The number of nitrogens with zero attached hydrogens (tertiary/aromatic N) is 3. The van der Waals surface area contributed by atoms with Gasteiger partial charge in [0, 0.05) is 18.1 Å². The van der Waals surface area contributed by atoms with Crippen LogP contribution >= 0.6 is 0 Å². The van der Waals surface area contributed by atoms with Gasteiger partial charge in [-0.1, -0.05) is 236 Å². The van der Waals surface area contributed by atoms with Crippen molar-refractivity contribution in [3.63, 3.8) is 0 Å². The fourth-order valence-corrected chi connectivity index (χ4v) is 12.7. The van der Waals surface area contributed by atoms with Crippen LogP contribution in [0.4, 0.5) is 0 Å². The van der Waals surface area contributed by atoms with Gasteiger partial charge in [-0.05, 0) is 76.9 Å². The lowest BCUT2D eigenvalue weighted by molar-refractivity contribution is -0.390. The van der Waals surface area contributed by atoms with E-state index in [2.05, 4.69) is 10.0 Å². The monoisotopic (exact) mass is 1360 g/mol. The first kappa shape index (κ1) is 71.8. The summed E-state index contributed by atoms with van der Waals surface area (Å²) in [5.74, 6) is -1.69. The van der Waals surface area contributed by atoms with E-state index in [1.807, 2.05) is 232 Å². The average molecular weight is 1360 g/mol. The van der Waals surface area contributed by atoms with Gasteiger partial charge in [0.05, 0.1) is 65.0 Å². The molecule has 4 aliphatic rings. The number of azide groups is 1. The molecule has 0 spiro atoms. The Balaban J connectivity index is 0.974. The molecule has 8 aromatic rings. The summed E-state index contributed by atoms with van der Waals surface area (Å²) >= 11 is 0. The third kappa shape index (κ3) is 20.4. The molecule has 0 radical (unpaired) electrons. The van der Waals surface area contributed by atoms with E-state index in [4.69, 9.17) is 75.8 Å². The minimum atomic E-state index is -1.41. The van der Waals surface area contributed by atoms with Crippen LogP contribution < -0.4 is 0 Å². The number of hydrogen-bond donors (Lipinski definition) is 0. The predicted octanol–water partition coefficient (Wildman–Crippen LogP) is 13.4. The van der Waals surface area contributed by atoms with Crippen LogP contribution in [0, 0.1) is 0 Å². The molecule has 20 heteroatoms. The van der Waals surface area contributed by atoms with Crippen LogP contribution in [0.2, 0.25) is 0 Å². The van der Waals surface area contributed by atoms with Gasteiger partial charge in [0.2, 0.25) is 0 Å². The summed E-state index contributed by atoms with van der Waals surface area (Å²) in [6.45, 7) is 4.67. The van der Waals surface area contributed by atoms with Crippen molar-refractivity contribution in [2.75, 3.05) is 33.0 Å². The molecular weight excluding hydrogens is 1270 g/mol. The molecule has 0 aromatic heterocycles. The molecule has 0 N–H and O–H groups in total. The van der Waals surface area contributed by atoms with E-state index in [-0.39, 0.29) is 66.0 Å². The Morgan fingerprint density at radius 2 is 0.730 bits per heavy atom. The van der Waals surface area contributed by atoms with Gasteiger partial charge in [-0.2, -0.15) is 0 Å². The van der Waals surface area contributed by atoms with E-state index in [0.29, 0.717) is 18.6 Å². The summed E-state index contributed by atoms with van der Waals surface area (Å²) < 4.78 is 113.